The lowest BCUT2D eigenvalue weighted by Crippen LogP contribution is -2.27. The molecule has 1 aromatic heterocycles. The van der Waals surface area contributed by atoms with E-state index < -0.39 is 0 Å². The summed E-state index contributed by atoms with van der Waals surface area (Å²) in [5.41, 5.74) is 5.74. The first-order valence-corrected chi connectivity index (χ1v) is 4.57. The van der Waals surface area contributed by atoms with Crippen molar-refractivity contribution in [1.82, 2.24) is 10.2 Å². The van der Waals surface area contributed by atoms with Crippen molar-refractivity contribution in [3.8, 4) is 0 Å². The standard InChI is InChI=1S/C7H13N3OS/c1-5-9-10-7(12-5)3-6(8)4-11-2/h6H,3-4,8H2,1-2H3. The molecule has 0 radical (unpaired) electrons. The van der Waals surface area contributed by atoms with Gasteiger partial charge in [0.05, 0.1) is 6.61 Å². The summed E-state index contributed by atoms with van der Waals surface area (Å²) in [6.45, 7) is 2.50. The average Bonchev–Trinajstić information content (AvgIpc) is 2.36. The summed E-state index contributed by atoms with van der Waals surface area (Å²) in [5.74, 6) is 0. The second-order valence-corrected chi connectivity index (χ2v) is 3.90. The van der Waals surface area contributed by atoms with Gasteiger partial charge in [0.25, 0.3) is 0 Å². The number of aryl methyl sites for hydroxylation is 1. The molecule has 1 heterocycles. The fourth-order valence-electron chi connectivity index (χ4n) is 0.917. The van der Waals surface area contributed by atoms with Crippen molar-refractivity contribution in [1.29, 1.82) is 0 Å². The quantitative estimate of drug-likeness (QED) is 0.739. The molecule has 0 aromatic carbocycles. The van der Waals surface area contributed by atoms with Crippen LogP contribution in [-0.2, 0) is 11.2 Å². The SMILES string of the molecule is COCC(N)Cc1nnc(C)s1. The molecule has 0 amide bonds. The van der Waals surface area contributed by atoms with E-state index in [1.807, 2.05) is 6.92 Å². The zero-order valence-corrected chi connectivity index (χ0v) is 8.10. The molecular weight excluding hydrogens is 174 g/mol. The molecule has 4 nitrogen and oxygen atoms in total. The maximum absolute atomic E-state index is 5.74. The highest BCUT2D eigenvalue weighted by Gasteiger charge is 2.06. The Bertz CT molecular complexity index is 238. The average molecular weight is 187 g/mol. The van der Waals surface area contributed by atoms with Gasteiger partial charge in [-0.2, -0.15) is 0 Å². The molecule has 12 heavy (non-hydrogen) atoms. The predicted octanol–water partition coefficient (Wildman–Crippen LogP) is 0.363. The number of ether oxygens (including phenoxy) is 1. The van der Waals surface area contributed by atoms with E-state index in [4.69, 9.17) is 10.5 Å². The Morgan fingerprint density at radius 1 is 1.58 bits per heavy atom. The number of nitrogens with zero attached hydrogens (tertiary/aromatic N) is 2. The number of nitrogens with two attached hydrogens (primary N) is 1. The fourth-order valence-corrected chi connectivity index (χ4v) is 1.72. The van der Waals surface area contributed by atoms with Crippen LogP contribution in [0.25, 0.3) is 0 Å². The smallest absolute Gasteiger partial charge is 0.119 e. The second-order valence-electron chi connectivity index (χ2n) is 2.63. The summed E-state index contributed by atoms with van der Waals surface area (Å²) < 4.78 is 4.91. The van der Waals surface area contributed by atoms with E-state index >= 15 is 0 Å². The molecule has 0 aliphatic rings. The van der Waals surface area contributed by atoms with E-state index in [0.717, 1.165) is 16.4 Å². The lowest BCUT2D eigenvalue weighted by Gasteiger charge is -2.06. The largest absolute Gasteiger partial charge is 0.383 e. The van der Waals surface area contributed by atoms with Crippen molar-refractivity contribution < 1.29 is 4.74 Å². The topological polar surface area (TPSA) is 61.0 Å². The van der Waals surface area contributed by atoms with Gasteiger partial charge < -0.3 is 10.5 Å². The van der Waals surface area contributed by atoms with Crippen LogP contribution in [-0.4, -0.2) is 30.0 Å². The van der Waals surface area contributed by atoms with Crippen LogP contribution in [0.2, 0.25) is 0 Å². The van der Waals surface area contributed by atoms with E-state index in [9.17, 15) is 0 Å². The zero-order chi connectivity index (χ0) is 8.97. The van der Waals surface area contributed by atoms with E-state index in [1.165, 1.54) is 0 Å². The van der Waals surface area contributed by atoms with E-state index in [0.29, 0.717) is 6.61 Å². The Morgan fingerprint density at radius 3 is 2.83 bits per heavy atom. The molecule has 1 atom stereocenters. The molecule has 1 unspecified atom stereocenters. The minimum absolute atomic E-state index is 0.0300. The second kappa shape index (κ2) is 4.49. The molecule has 0 aliphatic carbocycles. The number of hydrogen-bond acceptors (Lipinski definition) is 5. The molecule has 1 rings (SSSR count). The Morgan fingerprint density at radius 2 is 2.33 bits per heavy atom. The third kappa shape index (κ3) is 2.84. The molecule has 0 fully saturated rings. The summed E-state index contributed by atoms with van der Waals surface area (Å²) in [4.78, 5) is 0. The minimum atomic E-state index is 0.0300. The number of rotatable bonds is 4. The van der Waals surface area contributed by atoms with Crippen molar-refractivity contribution >= 4 is 11.3 Å². The van der Waals surface area contributed by atoms with Gasteiger partial charge in [0.2, 0.25) is 0 Å². The summed E-state index contributed by atoms with van der Waals surface area (Å²) >= 11 is 1.58. The maximum Gasteiger partial charge on any atom is 0.119 e. The van der Waals surface area contributed by atoms with Crippen LogP contribution in [0.15, 0.2) is 0 Å². The first-order chi connectivity index (χ1) is 5.72. The van der Waals surface area contributed by atoms with Crippen molar-refractivity contribution in [2.45, 2.75) is 19.4 Å². The third-order valence-corrected chi connectivity index (χ3v) is 2.25. The van der Waals surface area contributed by atoms with Crippen LogP contribution in [0, 0.1) is 6.92 Å². The lowest BCUT2D eigenvalue weighted by atomic mass is 10.2. The van der Waals surface area contributed by atoms with Gasteiger partial charge in [0.1, 0.15) is 10.0 Å². The van der Waals surface area contributed by atoms with Crippen LogP contribution in [0.5, 0.6) is 0 Å². The summed E-state index contributed by atoms with van der Waals surface area (Å²) in [6.07, 6.45) is 0.749. The number of hydrogen-bond donors (Lipinski definition) is 1. The highest BCUT2D eigenvalue weighted by molar-refractivity contribution is 7.11. The molecule has 0 aliphatic heterocycles. The van der Waals surface area contributed by atoms with Crippen LogP contribution in [0.3, 0.4) is 0 Å². The van der Waals surface area contributed by atoms with Gasteiger partial charge in [-0.15, -0.1) is 21.5 Å². The fraction of sp³-hybridized carbons (Fsp3) is 0.714. The van der Waals surface area contributed by atoms with E-state index in [2.05, 4.69) is 10.2 Å². The Balaban J connectivity index is 2.41. The summed E-state index contributed by atoms with van der Waals surface area (Å²) in [5, 5.41) is 9.84. The van der Waals surface area contributed by atoms with Crippen molar-refractivity contribution in [3.63, 3.8) is 0 Å². The molecular formula is C7H13N3OS. The molecule has 5 heteroatoms. The first-order valence-electron chi connectivity index (χ1n) is 3.76. The van der Waals surface area contributed by atoms with Gasteiger partial charge in [-0.25, -0.2) is 0 Å². The molecule has 68 valence electrons. The van der Waals surface area contributed by atoms with Gasteiger partial charge in [0.15, 0.2) is 0 Å². The Kier molecular flexibility index (Phi) is 3.58. The molecule has 0 spiro atoms. The van der Waals surface area contributed by atoms with Crippen LogP contribution in [0.4, 0.5) is 0 Å². The monoisotopic (exact) mass is 187 g/mol. The highest BCUT2D eigenvalue weighted by Crippen LogP contribution is 2.09. The molecule has 0 bridgehead atoms. The van der Waals surface area contributed by atoms with Gasteiger partial charge in [-0.1, -0.05) is 0 Å². The summed E-state index contributed by atoms with van der Waals surface area (Å²) in [7, 11) is 1.64. The van der Waals surface area contributed by atoms with Gasteiger partial charge in [0, 0.05) is 19.6 Å². The molecule has 0 saturated carbocycles. The lowest BCUT2D eigenvalue weighted by molar-refractivity contribution is 0.180. The van der Waals surface area contributed by atoms with E-state index in [-0.39, 0.29) is 6.04 Å². The minimum Gasteiger partial charge on any atom is -0.383 e. The Hall–Kier alpha value is -0.520. The van der Waals surface area contributed by atoms with Gasteiger partial charge in [-0.3, -0.25) is 0 Å². The Labute approximate surface area is 75.8 Å². The number of aromatic nitrogens is 2. The normalized spacial score (nSPS) is 13.2. The first kappa shape index (κ1) is 9.57. The zero-order valence-electron chi connectivity index (χ0n) is 7.28. The molecule has 1 aromatic rings. The van der Waals surface area contributed by atoms with Crippen LogP contribution < -0.4 is 5.73 Å². The van der Waals surface area contributed by atoms with Crippen molar-refractivity contribution in [2.75, 3.05) is 13.7 Å². The van der Waals surface area contributed by atoms with Crippen molar-refractivity contribution in [2.24, 2.45) is 5.73 Å². The molecule has 0 saturated heterocycles. The van der Waals surface area contributed by atoms with E-state index in [1.54, 1.807) is 18.4 Å². The van der Waals surface area contributed by atoms with Gasteiger partial charge >= 0.3 is 0 Å². The van der Waals surface area contributed by atoms with Crippen LogP contribution in [0.1, 0.15) is 10.0 Å². The maximum atomic E-state index is 5.74. The van der Waals surface area contributed by atoms with Crippen LogP contribution >= 0.6 is 11.3 Å². The highest BCUT2D eigenvalue weighted by atomic mass is 32.1. The summed E-state index contributed by atoms with van der Waals surface area (Å²) in [6, 6.07) is 0.0300. The van der Waals surface area contributed by atoms with Crippen molar-refractivity contribution in [3.05, 3.63) is 10.0 Å². The predicted molar refractivity (Wildman–Crippen MR) is 48.2 cm³/mol. The van der Waals surface area contributed by atoms with Gasteiger partial charge in [-0.05, 0) is 6.92 Å². The third-order valence-electron chi connectivity index (χ3n) is 1.39. The number of methoxy groups -OCH3 is 1. The molecule has 2 N–H and O–H groups in total.